The lowest BCUT2D eigenvalue weighted by atomic mass is 9.98. The van der Waals surface area contributed by atoms with E-state index < -0.39 is 11.4 Å². The topological polar surface area (TPSA) is 72.9 Å². The molecule has 5 nitrogen and oxygen atoms in total. The summed E-state index contributed by atoms with van der Waals surface area (Å²) in [6.07, 6.45) is 3.25. The van der Waals surface area contributed by atoms with E-state index in [-0.39, 0.29) is 18.3 Å². The number of aromatic nitrogens is 2. The van der Waals surface area contributed by atoms with Crippen molar-refractivity contribution in [2.75, 3.05) is 5.32 Å². The van der Waals surface area contributed by atoms with Crippen molar-refractivity contribution in [3.63, 3.8) is 0 Å². The second kappa shape index (κ2) is 6.91. The average molecular weight is 353 g/mol. The Morgan fingerprint density at radius 2 is 1.96 bits per heavy atom. The minimum absolute atomic E-state index is 0. The highest BCUT2D eigenvalue weighted by Crippen LogP contribution is 2.29. The third-order valence-corrected chi connectivity index (χ3v) is 4.39. The highest BCUT2D eigenvalue weighted by Gasteiger charge is 2.37. The molecule has 1 aliphatic rings. The summed E-state index contributed by atoms with van der Waals surface area (Å²) in [7, 11) is 0. The molecule has 1 heterocycles. The molecule has 1 aliphatic carbocycles. The second-order valence-electron chi connectivity index (χ2n) is 6.32. The molecule has 3 N–H and O–H groups in total. The zero-order valence-corrected chi connectivity index (χ0v) is 14.6. The van der Waals surface area contributed by atoms with Gasteiger partial charge < -0.3 is 11.1 Å². The Bertz CT molecular complexity index is 753. The summed E-state index contributed by atoms with van der Waals surface area (Å²) in [6, 6.07) is 6.47. The summed E-state index contributed by atoms with van der Waals surface area (Å²) < 4.78 is 16.0. The number of nitrogens with zero attached hydrogens (tertiary/aromatic N) is 2. The van der Waals surface area contributed by atoms with E-state index in [1.165, 1.54) is 6.07 Å². The van der Waals surface area contributed by atoms with Crippen LogP contribution in [0.3, 0.4) is 0 Å². The van der Waals surface area contributed by atoms with Crippen LogP contribution in [0.25, 0.3) is 5.69 Å². The van der Waals surface area contributed by atoms with E-state index in [0.29, 0.717) is 24.2 Å². The fourth-order valence-corrected chi connectivity index (χ4v) is 3.12. The Balaban J connectivity index is 0.00000208. The number of anilines is 1. The van der Waals surface area contributed by atoms with Crippen molar-refractivity contribution in [1.29, 1.82) is 0 Å². The van der Waals surface area contributed by atoms with Crippen molar-refractivity contribution in [2.45, 2.75) is 45.1 Å². The van der Waals surface area contributed by atoms with Gasteiger partial charge in [0, 0.05) is 11.4 Å². The van der Waals surface area contributed by atoms with E-state index in [4.69, 9.17) is 5.73 Å². The van der Waals surface area contributed by atoms with E-state index in [9.17, 15) is 9.18 Å². The number of amides is 1. The van der Waals surface area contributed by atoms with Crippen LogP contribution in [0.4, 0.5) is 10.1 Å². The van der Waals surface area contributed by atoms with E-state index in [1.54, 1.807) is 16.8 Å². The first-order valence-corrected chi connectivity index (χ1v) is 7.83. The lowest BCUT2D eigenvalue weighted by molar-refractivity contribution is -0.121. The molecule has 0 atom stereocenters. The number of carbonyl (C=O) groups is 1. The smallest absolute Gasteiger partial charge is 0.244 e. The molecule has 0 bridgehead atoms. The Kier molecular flexibility index (Phi) is 5.30. The standard InChI is InChI=1S/C17H21FN4O.ClH/c1-11-9-12(2)22(21-11)15-6-5-13(10-14(15)18)20-16(23)17(19)7-3-4-8-17;/h5-6,9-10H,3-4,7-8,19H2,1-2H3,(H,20,23);1H. The fourth-order valence-electron chi connectivity index (χ4n) is 3.12. The molecular formula is C17H22ClFN4O. The SMILES string of the molecule is Cc1cc(C)n(-c2ccc(NC(=O)C3(N)CCCC3)cc2F)n1.Cl. The molecular weight excluding hydrogens is 331 g/mol. The van der Waals surface area contributed by atoms with Crippen LogP contribution >= 0.6 is 12.4 Å². The molecule has 1 aromatic heterocycles. The van der Waals surface area contributed by atoms with E-state index in [0.717, 1.165) is 24.2 Å². The number of benzene rings is 1. The van der Waals surface area contributed by atoms with Gasteiger partial charge in [0.05, 0.1) is 11.2 Å². The molecule has 0 saturated heterocycles. The predicted octanol–water partition coefficient (Wildman–Crippen LogP) is 3.26. The molecule has 0 radical (unpaired) electrons. The first-order valence-electron chi connectivity index (χ1n) is 7.83. The molecule has 1 fully saturated rings. The minimum atomic E-state index is -0.829. The Morgan fingerprint density at radius 3 is 2.50 bits per heavy atom. The van der Waals surface area contributed by atoms with Gasteiger partial charge in [-0.3, -0.25) is 4.79 Å². The van der Waals surface area contributed by atoms with Gasteiger partial charge in [-0.25, -0.2) is 9.07 Å². The molecule has 1 aromatic carbocycles. The molecule has 24 heavy (non-hydrogen) atoms. The number of halogens is 2. The molecule has 130 valence electrons. The van der Waals surface area contributed by atoms with Crippen molar-refractivity contribution in [3.8, 4) is 5.69 Å². The van der Waals surface area contributed by atoms with Gasteiger partial charge in [-0.2, -0.15) is 5.10 Å². The molecule has 2 aromatic rings. The molecule has 1 amide bonds. The molecule has 7 heteroatoms. The Hall–Kier alpha value is -1.92. The molecule has 0 spiro atoms. The van der Waals surface area contributed by atoms with Gasteiger partial charge in [-0.1, -0.05) is 12.8 Å². The van der Waals surface area contributed by atoms with Crippen LogP contribution in [-0.4, -0.2) is 21.2 Å². The maximum atomic E-state index is 14.4. The Morgan fingerprint density at radius 1 is 1.29 bits per heavy atom. The number of rotatable bonds is 3. The van der Waals surface area contributed by atoms with Crippen molar-refractivity contribution in [3.05, 3.63) is 41.5 Å². The summed E-state index contributed by atoms with van der Waals surface area (Å²) in [4.78, 5) is 12.3. The lowest BCUT2D eigenvalue weighted by Gasteiger charge is -2.22. The van der Waals surface area contributed by atoms with Crippen molar-refractivity contribution < 1.29 is 9.18 Å². The molecule has 1 saturated carbocycles. The number of nitrogens with one attached hydrogen (secondary N) is 1. The molecule has 0 unspecified atom stereocenters. The van der Waals surface area contributed by atoms with Crippen LogP contribution in [0.15, 0.2) is 24.3 Å². The summed E-state index contributed by atoms with van der Waals surface area (Å²) >= 11 is 0. The van der Waals surface area contributed by atoms with Crippen LogP contribution < -0.4 is 11.1 Å². The first-order chi connectivity index (χ1) is 10.9. The van der Waals surface area contributed by atoms with E-state index in [2.05, 4.69) is 10.4 Å². The second-order valence-corrected chi connectivity index (χ2v) is 6.32. The summed E-state index contributed by atoms with van der Waals surface area (Å²) in [6.45, 7) is 3.73. The van der Waals surface area contributed by atoms with Gasteiger partial charge in [-0.15, -0.1) is 12.4 Å². The number of hydrogen-bond acceptors (Lipinski definition) is 3. The highest BCUT2D eigenvalue weighted by molar-refractivity contribution is 5.98. The van der Waals surface area contributed by atoms with Gasteiger partial charge in [0.1, 0.15) is 5.69 Å². The van der Waals surface area contributed by atoms with Gasteiger partial charge in [-0.05, 0) is 51.0 Å². The van der Waals surface area contributed by atoms with Crippen LogP contribution in [0.2, 0.25) is 0 Å². The van der Waals surface area contributed by atoms with Crippen LogP contribution in [-0.2, 0) is 4.79 Å². The summed E-state index contributed by atoms with van der Waals surface area (Å²) in [5.41, 5.74) is 7.73. The van der Waals surface area contributed by atoms with E-state index in [1.807, 2.05) is 19.9 Å². The normalized spacial score (nSPS) is 15.8. The molecule has 0 aliphatic heterocycles. The highest BCUT2D eigenvalue weighted by atomic mass is 35.5. The maximum Gasteiger partial charge on any atom is 0.244 e. The van der Waals surface area contributed by atoms with Gasteiger partial charge in [0.25, 0.3) is 0 Å². The van der Waals surface area contributed by atoms with E-state index >= 15 is 0 Å². The largest absolute Gasteiger partial charge is 0.324 e. The first kappa shape index (κ1) is 18.4. The zero-order valence-electron chi connectivity index (χ0n) is 13.8. The molecule has 3 rings (SSSR count). The zero-order chi connectivity index (χ0) is 16.6. The quantitative estimate of drug-likeness (QED) is 0.890. The maximum absolute atomic E-state index is 14.4. The predicted molar refractivity (Wildman–Crippen MR) is 94.3 cm³/mol. The van der Waals surface area contributed by atoms with Crippen LogP contribution in [0.1, 0.15) is 37.1 Å². The third kappa shape index (κ3) is 3.44. The van der Waals surface area contributed by atoms with Crippen LogP contribution in [0, 0.1) is 19.7 Å². The fraction of sp³-hybridized carbons (Fsp3) is 0.412. The lowest BCUT2D eigenvalue weighted by Crippen LogP contribution is -2.48. The van der Waals surface area contributed by atoms with Crippen LogP contribution in [0.5, 0.6) is 0 Å². The monoisotopic (exact) mass is 352 g/mol. The van der Waals surface area contributed by atoms with Crippen molar-refractivity contribution in [1.82, 2.24) is 9.78 Å². The van der Waals surface area contributed by atoms with Gasteiger partial charge in [0.2, 0.25) is 5.91 Å². The Labute approximate surface area is 146 Å². The third-order valence-electron chi connectivity index (χ3n) is 4.39. The van der Waals surface area contributed by atoms with Crippen molar-refractivity contribution in [2.24, 2.45) is 5.73 Å². The van der Waals surface area contributed by atoms with Gasteiger partial charge in [0.15, 0.2) is 5.82 Å². The summed E-state index contributed by atoms with van der Waals surface area (Å²) in [5.74, 6) is -0.681. The summed E-state index contributed by atoms with van der Waals surface area (Å²) in [5, 5.41) is 7.01. The minimum Gasteiger partial charge on any atom is -0.324 e. The van der Waals surface area contributed by atoms with Crippen molar-refractivity contribution >= 4 is 24.0 Å². The van der Waals surface area contributed by atoms with Gasteiger partial charge >= 0.3 is 0 Å². The average Bonchev–Trinajstić information content (AvgIpc) is 3.06. The number of carbonyl (C=O) groups excluding carboxylic acids is 1. The number of nitrogens with two attached hydrogens (primary N) is 1. The number of hydrogen-bond donors (Lipinski definition) is 2. The number of aryl methyl sites for hydroxylation is 2.